The van der Waals surface area contributed by atoms with Crippen molar-refractivity contribution < 1.29 is 17.6 Å². The molecule has 3 aromatic rings. The molecule has 0 aliphatic rings. The maximum Gasteiger partial charge on any atom is 0.252 e. The minimum Gasteiger partial charge on any atom is -0.338 e. The highest BCUT2D eigenvalue weighted by Gasteiger charge is 2.24. The van der Waals surface area contributed by atoms with Crippen molar-refractivity contribution in [2.75, 3.05) is 6.26 Å². The Morgan fingerprint density at radius 3 is 2.43 bits per heavy atom. The number of sulfone groups is 1. The molecule has 1 heterocycles. The second-order valence-electron chi connectivity index (χ2n) is 6.59. The average molecular weight is 401 g/mol. The number of benzene rings is 2. The molecular formula is C20H20FN3O3S. The van der Waals surface area contributed by atoms with E-state index in [0.29, 0.717) is 22.5 Å². The summed E-state index contributed by atoms with van der Waals surface area (Å²) in [7, 11) is -1.39. The molecule has 0 saturated heterocycles. The van der Waals surface area contributed by atoms with Crippen LogP contribution >= 0.6 is 0 Å². The lowest BCUT2D eigenvalue weighted by Gasteiger charge is -2.20. The summed E-state index contributed by atoms with van der Waals surface area (Å²) >= 11 is 0. The van der Waals surface area contributed by atoms with E-state index in [1.165, 1.54) is 6.07 Å². The lowest BCUT2D eigenvalue weighted by Crippen LogP contribution is -2.31. The van der Waals surface area contributed by atoms with Crippen LogP contribution in [0.4, 0.5) is 4.39 Å². The zero-order chi connectivity index (χ0) is 20.3. The number of aromatic nitrogens is 2. The van der Waals surface area contributed by atoms with Gasteiger partial charge in [-0.1, -0.05) is 30.3 Å². The first-order chi connectivity index (χ1) is 13.2. The zero-order valence-corrected chi connectivity index (χ0v) is 16.3. The van der Waals surface area contributed by atoms with Crippen LogP contribution in [0.2, 0.25) is 0 Å². The number of imidazole rings is 1. The molecule has 0 radical (unpaired) electrons. The smallest absolute Gasteiger partial charge is 0.252 e. The van der Waals surface area contributed by atoms with Gasteiger partial charge in [0.15, 0.2) is 9.84 Å². The van der Waals surface area contributed by atoms with Crippen molar-refractivity contribution in [1.29, 1.82) is 0 Å². The number of hydrogen-bond acceptors (Lipinski definition) is 4. The van der Waals surface area contributed by atoms with Crippen molar-refractivity contribution >= 4 is 15.7 Å². The number of nitrogens with one attached hydrogen (secondary N) is 1. The number of nitrogens with zero attached hydrogens (tertiary/aromatic N) is 2. The minimum atomic E-state index is -3.16. The lowest BCUT2D eigenvalue weighted by atomic mass is 10.0. The Hall–Kier alpha value is -3.00. The van der Waals surface area contributed by atoms with Gasteiger partial charge in [-0.2, -0.15) is 0 Å². The first-order valence-corrected chi connectivity index (χ1v) is 10.6. The summed E-state index contributed by atoms with van der Waals surface area (Å²) in [6.07, 6.45) is 4.45. The first-order valence-electron chi connectivity index (χ1n) is 8.54. The van der Waals surface area contributed by atoms with Gasteiger partial charge in [0, 0.05) is 36.8 Å². The van der Waals surface area contributed by atoms with E-state index >= 15 is 0 Å². The fourth-order valence-electron chi connectivity index (χ4n) is 2.92. The summed E-state index contributed by atoms with van der Waals surface area (Å²) in [6.45, 7) is 0. The average Bonchev–Trinajstić information content (AvgIpc) is 3.05. The predicted molar refractivity (Wildman–Crippen MR) is 104 cm³/mol. The maximum atomic E-state index is 14.4. The van der Waals surface area contributed by atoms with Crippen LogP contribution in [0.5, 0.6) is 0 Å². The van der Waals surface area contributed by atoms with Crippen LogP contribution in [0.25, 0.3) is 0 Å². The second kappa shape index (κ2) is 7.93. The Bertz CT molecular complexity index is 1090. The van der Waals surface area contributed by atoms with E-state index in [4.69, 9.17) is 0 Å². The van der Waals surface area contributed by atoms with Crippen molar-refractivity contribution in [2.45, 2.75) is 11.8 Å². The molecule has 1 amide bonds. The van der Waals surface area contributed by atoms with E-state index in [9.17, 15) is 17.6 Å². The van der Waals surface area contributed by atoms with Crippen LogP contribution in [0.1, 0.15) is 33.4 Å². The number of carbonyl (C=O) groups is 1. The van der Waals surface area contributed by atoms with Gasteiger partial charge >= 0.3 is 0 Å². The molecule has 0 saturated carbocycles. The van der Waals surface area contributed by atoms with Gasteiger partial charge in [-0.25, -0.2) is 17.8 Å². The quantitative estimate of drug-likeness (QED) is 0.689. The van der Waals surface area contributed by atoms with Crippen molar-refractivity contribution in [2.24, 2.45) is 7.05 Å². The SMILES string of the molecule is Cn1ccnc1C(NC(=O)c1ccc(CS(C)(=O)=O)cc1)c1ccccc1F. The molecule has 8 heteroatoms. The third kappa shape index (κ3) is 4.64. The van der Waals surface area contributed by atoms with Gasteiger partial charge in [-0.05, 0) is 23.8 Å². The monoisotopic (exact) mass is 401 g/mol. The zero-order valence-electron chi connectivity index (χ0n) is 15.5. The number of rotatable bonds is 6. The maximum absolute atomic E-state index is 14.4. The fourth-order valence-corrected chi connectivity index (χ4v) is 3.71. The highest BCUT2D eigenvalue weighted by molar-refractivity contribution is 7.89. The topological polar surface area (TPSA) is 81.1 Å². The number of halogens is 1. The minimum absolute atomic E-state index is 0.0972. The van der Waals surface area contributed by atoms with Gasteiger partial charge in [0.25, 0.3) is 5.91 Å². The van der Waals surface area contributed by atoms with Gasteiger partial charge in [0.05, 0.1) is 5.75 Å². The van der Waals surface area contributed by atoms with Crippen molar-refractivity contribution in [1.82, 2.24) is 14.9 Å². The molecule has 1 aromatic heterocycles. The van der Waals surface area contributed by atoms with E-state index < -0.39 is 27.6 Å². The number of aryl methyl sites for hydroxylation is 1. The molecule has 3 rings (SSSR count). The van der Waals surface area contributed by atoms with Gasteiger partial charge in [0.2, 0.25) is 0 Å². The molecule has 0 aliphatic carbocycles. The molecule has 1 atom stereocenters. The Kier molecular flexibility index (Phi) is 5.60. The third-order valence-electron chi connectivity index (χ3n) is 4.25. The van der Waals surface area contributed by atoms with Gasteiger partial charge in [-0.15, -0.1) is 0 Å². The molecule has 0 spiro atoms. The summed E-state index contributed by atoms with van der Waals surface area (Å²) in [5.41, 5.74) is 1.24. The molecule has 0 bridgehead atoms. The summed E-state index contributed by atoms with van der Waals surface area (Å²) < 4.78 is 38.9. The Morgan fingerprint density at radius 2 is 1.86 bits per heavy atom. The van der Waals surface area contributed by atoms with E-state index in [0.717, 1.165) is 6.26 Å². The predicted octanol–water partition coefficient (Wildman–Crippen LogP) is 2.62. The van der Waals surface area contributed by atoms with Gasteiger partial charge in [-0.3, -0.25) is 4.79 Å². The molecule has 2 aromatic carbocycles. The fraction of sp³-hybridized carbons (Fsp3) is 0.200. The second-order valence-corrected chi connectivity index (χ2v) is 8.73. The van der Waals surface area contributed by atoms with Crippen LogP contribution in [-0.2, 0) is 22.6 Å². The van der Waals surface area contributed by atoms with Crippen LogP contribution in [0, 0.1) is 5.82 Å². The molecular weight excluding hydrogens is 381 g/mol. The Labute approximate surface area is 163 Å². The molecule has 6 nitrogen and oxygen atoms in total. The third-order valence-corrected chi connectivity index (χ3v) is 5.11. The van der Waals surface area contributed by atoms with E-state index in [2.05, 4.69) is 10.3 Å². The largest absolute Gasteiger partial charge is 0.338 e. The van der Waals surface area contributed by atoms with Crippen LogP contribution in [0.3, 0.4) is 0 Å². The molecule has 1 N–H and O–H groups in total. The number of amides is 1. The van der Waals surface area contributed by atoms with E-state index in [1.54, 1.807) is 66.5 Å². The Balaban J connectivity index is 1.88. The molecule has 146 valence electrons. The van der Waals surface area contributed by atoms with Crippen LogP contribution < -0.4 is 5.32 Å². The Morgan fingerprint density at radius 1 is 1.18 bits per heavy atom. The van der Waals surface area contributed by atoms with Gasteiger partial charge < -0.3 is 9.88 Å². The highest BCUT2D eigenvalue weighted by atomic mass is 32.2. The lowest BCUT2D eigenvalue weighted by molar-refractivity contribution is 0.0940. The van der Waals surface area contributed by atoms with Crippen molar-refractivity contribution in [3.63, 3.8) is 0 Å². The molecule has 28 heavy (non-hydrogen) atoms. The van der Waals surface area contributed by atoms with E-state index in [-0.39, 0.29) is 5.75 Å². The van der Waals surface area contributed by atoms with E-state index in [1.807, 2.05) is 0 Å². The standard InChI is InChI=1S/C20H20FN3O3S/c1-24-12-11-22-19(24)18(16-5-3-4-6-17(16)21)23-20(25)15-9-7-14(8-10-15)13-28(2,26)27/h3-12,18H,13H2,1-2H3,(H,23,25). The normalized spacial score (nSPS) is 12.5. The summed E-state index contributed by atoms with van der Waals surface area (Å²) in [5, 5.41) is 2.82. The van der Waals surface area contributed by atoms with Gasteiger partial charge in [0.1, 0.15) is 17.7 Å². The van der Waals surface area contributed by atoms with Crippen molar-refractivity contribution in [3.8, 4) is 0 Å². The molecule has 0 fully saturated rings. The molecule has 0 aliphatic heterocycles. The van der Waals surface area contributed by atoms with Crippen LogP contribution in [0.15, 0.2) is 60.9 Å². The summed E-state index contributed by atoms with van der Waals surface area (Å²) in [5.74, 6) is -0.464. The van der Waals surface area contributed by atoms with Crippen LogP contribution in [-0.4, -0.2) is 30.1 Å². The highest BCUT2D eigenvalue weighted by Crippen LogP contribution is 2.23. The first kappa shape index (κ1) is 19.8. The summed E-state index contributed by atoms with van der Waals surface area (Å²) in [6, 6.07) is 11.7. The number of carbonyl (C=O) groups excluding carboxylic acids is 1. The number of hydrogen-bond donors (Lipinski definition) is 1. The molecule has 1 unspecified atom stereocenters. The van der Waals surface area contributed by atoms with Crippen molar-refractivity contribution in [3.05, 3.63) is 89.3 Å². The summed E-state index contributed by atoms with van der Waals surface area (Å²) in [4.78, 5) is 17.0.